The Morgan fingerprint density at radius 2 is 1.52 bits per heavy atom. The van der Waals surface area contributed by atoms with Crippen molar-refractivity contribution in [2.24, 2.45) is 5.41 Å². The number of halogens is 6. The lowest BCUT2D eigenvalue weighted by atomic mass is 9.78. The predicted octanol–water partition coefficient (Wildman–Crippen LogP) is 3.66. The lowest BCUT2D eigenvalue weighted by Gasteiger charge is -2.45. The first-order chi connectivity index (χ1) is 20.4. The quantitative estimate of drug-likeness (QED) is 0.456. The number of alkyl halides is 6. The Morgan fingerprint density at radius 1 is 0.977 bits per heavy atom. The van der Waals surface area contributed by atoms with Gasteiger partial charge in [0.25, 0.3) is 0 Å². The number of piperidine rings is 1. The van der Waals surface area contributed by atoms with Crippen molar-refractivity contribution in [1.29, 1.82) is 0 Å². The van der Waals surface area contributed by atoms with E-state index in [1.807, 2.05) is 30.5 Å². The van der Waals surface area contributed by atoms with Gasteiger partial charge in [0.15, 0.2) is 0 Å². The summed E-state index contributed by atoms with van der Waals surface area (Å²) in [5.74, 6) is -5.07. The number of hydrogen-bond acceptors (Lipinski definition) is 8. The van der Waals surface area contributed by atoms with Gasteiger partial charge in [0.1, 0.15) is 10.6 Å². The highest BCUT2D eigenvalue weighted by atomic mass is 32.2. The molecule has 2 aliphatic rings. The highest BCUT2D eigenvalue weighted by Crippen LogP contribution is 2.39. The number of fused-ring (bicyclic) bond motifs is 1. The zero-order valence-corrected chi connectivity index (χ0v) is 24.2. The molecule has 0 atom stereocenters. The Morgan fingerprint density at radius 3 is 2.02 bits per heavy atom. The van der Waals surface area contributed by atoms with Crippen LogP contribution in [0.3, 0.4) is 0 Å². The maximum atomic E-state index is 13.4. The summed E-state index contributed by atoms with van der Waals surface area (Å²) in [6.07, 6.45) is -6.60. The number of ether oxygens (including phenoxy) is 2. The zero-order chi connectivity index (χ0) is 33.2. The van der Waals surface area contributed by atoms with Crippen molar-refractivity contribution >= 4 is 22.0 Å². The van der Waals surface area contributed by atoms with Gasteiger partial charge in [0.2, 0.25) is 10.0 Å². The van der Waals surface area contributed by atoms with Crippen molar-refractivity contribution in [3.63, 3.8) is 0 Å². The number of carboxylic acid groups (broad SMARTS) is 2. The van der Waals surface area contributed by atoms with Crippen LogP contribution in [0.5, 0.6) is 5.75 Å². The van der Waals surface area contributed by atoms with Crippen molar-refractivity contribution < 1.29 is 64.0 Å². The van der Waals surface area contributed by atoms with Gasteiger partial charge in [-0.2, -0.15) is 30.6 Å². The van der Waals surface area contributed by atoms with Gasteiger partial charge in [-0.15, -0.1) is 0 Å². The van der Waals surface area contributed by atoms with Crippen molar-refractivity contribution in [2.75, 3.05) is 46.5 Å². The topological polar surface area (TPSA) is 147 Å². The van der Waals surface area contributed by atoms with Gasteiger partial charge in [-0.25, -0.2) is 18.0 Å². The zero-order valence-electron chi connectivity index (χ0n) is 23.3. The van der Waals surface area contributed by atoms with Crippen molar-refractivity contribution in [3.8, 4) is 5.75 Å². The van der Waals surface area contributed by atoms with Gasteiger partial charge in [-0.05, 0) is 50.2 Å². The van der Waals surface area contributed by atoms with E-state index in [1.165, 1.54) is 0 Å². The average Bonchev–Trinajstić information content (AvgIpc) is 2.95. The summed E-state index contributed by atoms with van der Waals surface area (Å²) >= 11 is 0. The minimum atomic E-state index is -5.08. The van der Waals surface area contributed by atoms with E-state index in [0.717, 1.165) is 38.2 Å². The van der Waals surface area contributed by atoms with Gasteiger partial charge in [-0.3, -0.25) is 9.88 Å². The van der Waals surface area contributed by atoms with E-state index in [0.29, 0.717) is 32.1 Å². The number of nitrogens with zero attached hydrogens (tertiary/aromatic N) is 3. The van der Waals surface area contributed by atoms with E-state index in [-0.39, 0.29) is 10.3 Å². The Kier molecular flexibility index (Phi) is 12.9. The third kappa shape index (κ3) is 10.9. The highest BCUT2D eigenvalue weighted by molar-refractivity contribution is 7.89. The first-order valence-corrected chi connectivity index (χ1v) is 14.3. The minimum absolute atomic E-state index is 0.213. The van der Waals surface area contributed by atoms with Gasteiger partial charge in [0, 0.05) is 38.4 Å². The Labute approximate surface area is 249 Å². The number of carboxylic acids is 2. The lowest BCUT2D eigenvalue weighted by Crippen LogP contribution is -2.52. The Hall–Kier alpha value is -3.48. The van der Waals surface area contributed by atoms with Gasteiger partial charge in [-0.1, -0.05) is 18.2 Å². The normalized spacial score (nSPS) is 18.2. The second-order valence-electron chi connectivity index (χ2n) is 9.77. The van der Waals surface area contributed by atoms with Crippen LogP contribution in [0.2, 0.25) is 0 Å². The first-order valence-electron chi connectivity index (χ1n) is 12.8. The Balaban J connectivity index is 0.000000402. The molecule has 44 heavy (non-hydrogen) atoms. The highest BCUT2D eigenvalue weighted by Gasteiger charge is 2.43. The fourth-order valence-corrected chi connectivity index (χ4v) is 5.93. The molecule has 246 valence electrons. The van der Waals surface area contributed by atoms with Crippen LogP contribution in [0.15, 0.2) is 53.6 Å². The number of aliphatic carboxylic acids is 2. The fourth-order valence-electron chi connectivity index (χ4n) is 4.26. The molecule has 0 unspecified atom stereocenters. The minimum Gasteiger partial charge on any atom is -0.492 e. The second kappa shape index (κ2) is 15.5. The van der Waals surface area contributed by atoms with E-state index in [2.05, 4.69) is 9.88 Å². The molecule has 0 amide bonds. The number of sulfonamides is 1. The molecule has 3 heterocycles. The molecule has 18 heteroatoms. The monoisotopic (exact) mass is 659 g/mol. The third-order valence-electron chi connectivity index (χ3n) is 6.57. The van der Waals surface area contributed by atoms with Crippen LogP contribution >= 0.6 is 0 Å². The number of likely N-dealkylation sites (tertiary alicyclic amines) is 1. The second-order valence-corrected chi connectivity index (χ2v) is 11.7. The summed E-state index contributed by atoms with van der Waals surface area (Å²) in [6.45, 7) is 4.26. The van der Waals surface area contributed by atoms with Crippen LogP contribution in [-0.4, -0.2) is 104 Å². The number of hydrogen-bond donors (Lipinski definition) is 2. The van der Waals surface area contributed by atoms with Crippen LogP contribution in [0.4, 0.5) is 26.3 Å². The number of carbonyl (C=O) groups is 2. The van der Waals surface area contributed by atoms with Crippen LogP contribution in [0.1, 0.15) is 18.5 Å². The average molecular weight is 660 g/mol. The standard InChI is InChI=1S/C22H29N3O4S.2C2HF3O2/c1-28-15-14-25-17-22(18-29-20-7-2-3-8-21(20)30(25,26)27)9-12-24(13-10-22)16-19-6-4-5-11-23-19;2*3-2(4,5)1(6)7/h2-8,11H,9-10,12-18H2,1H3;2*(H,6,7). The fraction of sp³-hybridized carbons (Fsp3) is 0.500. The molecule has 2 aromatic rings. The first kappa shape index (κ1) is 36.7. The third-order valence-corrected chi connectivity index (χ3v) is 8.46. The SMILES string of the molecule is COCCN1CC2(CCN(Cc3ccccn3)CC2)COc2ccccc2S1(=O)=O.O=C(O)C(F)(F)F.O=C(O)C(F)(F)F. The summed E-state index contributed by atoms with van der Waals surface area (Å²) in [4.78, 5) is 24.8. The molecule has 2 N–H and O–H groups in total. The molecule has 0 radical (unpaired) electrons. The van der Waals surface area contributed by atoms with Crippen LogP contribution in [0.25, 0.3) is 0 Å². The summed E-state index contributed by atoms with van der Waals surface area (Å²) in [5, 5.41) is 14.2. The molecule has 0 saturated carbocycles. The number of para-hydroxylation sites is 1. The molecule has 1 aromatic carbocycles. The smallest absolute Gasteiger partial charge is 0.490 e. The van der Waals surface area contributed by atoms with E-state index >= 15 is 0 Å². The molecular weight excluding hydrogens is 628 g/mol. The van der Waals surface area contributed by atoms with Crippen molar-refractivity contribution in [1.82, 2.24) is 14.2 Å². The van der Waals surface area contributed by atoms with Crippen LogP contribution in [-0.2, 0) is 30.9 Å². The van der Waals surface area contributed by atoms with Crippen molar-refractivity contribution in [2.45, 2.75) is 36.6 Å². The van der Waals surface area contributed by atoms with Crippen molar-refractivity contribution in [3.05, 3.63) is 54.4 Å². The van der Waals surface area contributed by atoms with E-state index in [9.17, 15) is 34.8 Å². The number of methoxy groups -OCH3 is 1. The van der Waals surface area contributed by atoms with E-state index in [1.54, 1.807) is 29.6 Å². The molecule has 1 fully saturated rings. The molecular formula is C26H31F6N3O8S. The number of rotatable bonds is 5. The largest absolute Gasteiger partial charge is 0.492 e. The van der Waals surface area contributed by atoms with Gasteiger partial charge >= 0.3 is 24.3 Å². The van der Waals surface area contributed by atoms with Gasteiger partial charge in [0.05, 0.1) is 18.9 Å². The molecule has 0 aliphatic carbocycles. The van der Waals surface area contributed by atoms with Gasteiger partial charge < -0.3 is 19.7 Å². The van der Waals surface area contributed by atoms with Crippen LogP contribution < -0.4 is 4.74 Å². The molecule has 1 saturated heterocycles. The lowest BCUT2D eigenvalue weighted by molar-refractivity contribution is -0.193. The molecule has 4 rings (SSSR count). The number of benzene rings is 1. The van der Waals surface area contributed by atoms with Crippen LogP contribution in [0, 0.1) is 5.41 Å². The molecule has 2 aliphatic heterocycles. The maximum Gasteiger partial charge on any atom is 0.490 e. The number of aromatic nitrogens is 1. The van der Waals surface area contributed by atoms with E-state index in [4.69, 9.17) is 29.3 Å². The molecule has 1 aromatic heterocycles. The Bertz CT molecular complexity index is 1310. The predicted molar refractivity (Wildman–Crippen MR) is 141 cm³/mol. The molecule has 1 spiro atoms. The summed E-state index contributed by atoms with van der Waals surface area (Å²) in [7, 11) is -2.05. The summed E-state index contributed by atoms with van der Waals surface area (Å²) < 4.78 is 103. The molecule has 0 bridgehead atoms. The van der Waals surface area contributed by atoms with E-state index < -0.39 is 34.3 Å². The maximum absolute atomic E-state index is 13.4. The number of pyridine rings is 1. The summed E-state index contributed by atoms with van der Waals surface area (Å²) in [6, 6.07) is 12.9. The molecule has 11 nitrogen and oxygen atoms in total. The summed E-state index contributed by atoms with van der Waals surface area (Å²) in [5.41, 5.74) is 0.843.